The molecule has 142 valence electrons. The van der Waals surface area contributed by atoms with E-state index in [1.807, 2.05) is 12.1 Å². The summed E-state index contributed by atoms with van der Waals surface area (Å²) in [6.45, 7) is 2.58. The number of aliphatic imine (C=N–C) groups is 1. The average molecular weight is 400 g/mol. The minimum atomic E-state index is -4.55. The van der Waals surface area contributed by atoms with E-state index in [4.69, 9.17) is 0 Å². The minimum Gasteiger partial charge on any atom is -0.291 e. The molecule has 0 spiro atoms. The summed E-state index contributed by atoms with van der Waals surface area (Å²) in [7, 11) is 0. The lowest BCUT2D eigenvalue weighted by Crippen LogP contribution is -2.11. The van der Waals surface area contributed by atoms with Crippen molar-refractivity contribution in [3.8, 4) is 17.2 Å². The van der Waals surface area contributed by atoms with Gasteiger partial charge in [-0.1, -0.05) is 24.3 Å². The highest BCUT2D eigenvalue weighted by atomic mass is 32.1. The molecule has 1 unspecified atom stereocenters. The molecule has 28 heavy (non-hydrogen) atoms. The van der Waals surface area contributed by atoms with Crippen LogP contribution in [0.2, 0.25) is 0 Å². The lowest BCUT2D eigenvalue weighted by atomic mass is 9.85. The van der Waals surface area contributed by atoms with Crippen LogP contribution in [0, 0.1) is 11.3 Å². The molecule has 3 aromatic rings. The molecule has 0 saturated heterocycles. The third-order valence-electron chi connectivity index (χ3n) is 4.72. The van der Waals surface area contributed by atoms with Crippen molar-refractivity contribution in [3.63, 3.8) is 0 Å². The van der Waals surface area contributed by atoms with Crippen LogP contribution in [-0.2, 0) is 19.3 Å². The predicted molar refractivity (Wildman–Crippen MR) is 101 cm³/mol. The predicted octanol–water partition coefficient (Wildman–Crippen LogP) is 5.24. The number of benzene rings is 1. The Labute approximate surface area is 163 Å². The molecule has 2 aromatic heterocycles. The van der Waals surface area contributed by atoms with E-state index in [0.717, 1.165) is 16.0 Å². The van der Waals surface area contributed by atoms with Crippen molar-refractivity contribution >= 4 is 17.6 Å². The van der Waals surface area contributed by atoms with Gasteiger partial charge < -0.3 is 0 Å². The number of hydrogen-bond donors (Lipinski definition) is 0. The number of halogens is 3. The quantitative estimate of drug-likeness (QED) is 0.604. The smallest absolute Gasteiger partial charge is 0.291 e. The number of fused-ring (bicyclic) bond motifs is 1. The number of nitriles is 1. The van der Waals surface area contributed by atoms with Gasteiger partial charge in [0.1, 0.15) is 10.9 Å². The van der Waals surface area contributed by atoms with Gasteiger partial charge in [0.05, 0.1) is 6.54 Å². The number of rotatable bonds is 3. The molecule has 1 atom stereocenters. The van der Waals surface area contributed by atoms with E-state index in [-0.39, 0.29) is 11.5 Å². The van der Waals surface area contributed by atoms with E-state index in [1.54, 1.807) is 31.3 Å². The van der Waals surface area contributed by atoms with Gasteiger partial charge >= 0.3 is 6.18 Å². The summed E-state index contributed by atoms with van der Waals surface area (Å²) in [5.74, 6) is -0.302. The minimum absolute atomic E-state index is 0.0567. The molecule has 0 N–H and O–H groups in total. The Balaban J connectivity index is 1.90. The van der Waals surface area contributed by atoms with Crippen molar-refractivity contribution < 1.29 is 13.2 Å². The number of hydrogen-bond acceptors (Lipinski definition) is 4. The lowest BCUT2D eigenvalue weighted by molar-refractivity contribution is -0.141. The van der Waals surface area contributed by atoms with Crippen molar-refractivity contribution in [2.45, 2.75) is 32.1 Å². The van der Waals surface area contributed by atoms with Crippen LogP contribution in [0.25, 0.3) is 11.1 Å². The maximum Gasteiger partial charge on any atom is 0.435 e. The molecular weight excluding hydrogens is 385 g/mol. The summed E-state index contributed by atoms with van der Waals surface area (Å²) in [5, 5.41) is 13.0. The zero-order valence-corrected chi connectivity index (χ0v) is 15.7. The topological polar surface area (TPSA) is 54.0 Å². The monoisotopic (exact) mass is 400 g/mol. The summed E-state index contributed by atoms with van der Waals surface area (Å²) >= 11 is 1.38. The molecule has 0 saturated carbocycles. The second-order valence-electron chi connectivity index (χ2n) is 6.40. The summed E-state index contributed by atoms with van der Waals surface area (Å²) in [6, 6.07) is 11.0. The first-order valence-corrected chi connectivity index (χ1v) is 9.50. The Bertz CT molecular complexity index is 1100. The normalized spacial score (nSPS) is 16.0. The maximum absolute atomic E-state index is 13.6. The number of thiophene rings is 1. The van der Waals surface area contributed by atoms with Gasteiger partial charge in [-0.3, -0.25) is 9.67 Å². The van der Waals surface area contributed by atoms with Gasteiger partial charge in [-0.25, -0.2) is 0 Å². The molecule has 3 heterocycles. The Morgan fingerprint density at radius 3 is 2.75 bits per heavy atom. The molecule has 0 aliphatic carbocycles. The van der Waals surface area contributed by atoms with Gasteiger partial charge in [-0.2, -0.15) is 23.5 Å². The van der Waals surface area contributed by atoms with Gasteiger partial charge in [0.25, 0.3) is 0 Å². The molecular formula is C20H15F3N4S. The first-order chi connectivity index (χ1) is 13.4. The Kier molecular flexibility index (Phi) is 4.55. The van der Waals surface area contributed by atoms with Crippen LogP contribution in [0.5, 0.6) is 0 Å². The molecule has 0 fully saturated rings. The highest BCUT2D eigenvalue weighted by Crippen LogP contribution is 2.42. The Morgan fingerprint density at radius 1 is 1.25 bits per heavy atom. The highest BCUT2D eigenvalue weighted by Gasteiger charge is 2.38. The second-order valence-corrected chi connectivity index (χ2v) is 7.54. The third kappa shape index (κ3) is 3.12. The largest absolute Gasteiger partial charge is 0.435 e. The maximum atomic E-state index is 13.6. The van der Waals surface area contributed by atoms with Gasteiger partial charge in [-0.15, -0.1) is 11.3 Å². The zero-order chi connectivity index (χ0) is 19.9. The molecule has 1 aliphatic rings. The summed E-state index contributed by atoms with van der Waals surface area (Å²) in [5.41, 5.74) is 1.29. The van der Waals surface area contributed by atoms with Crippen LogP contribution < -0.4 is 0 Å². The van der Waals surface area contributed by atoms with E-state index in [9.17, 15) is 18.4 Å². The molecule has 0 bridgehead atoms. The number of aryl methyl sites for hydroxylation is 1. The van der Waals surface area contributed by atoms with Crippen LogP contribution in [0.4, 0.5) is 13.2 Å². The fourth-order valence-corrected chi connectivity index (χ4v) is 4.40. The van der Waals surface area contributed by atoms with E-state index < -0.39 is 11.9 Å². The fraction of sp³-hybridized carbons (Fsp3) is 0.250. The van der Waals surface area contributed by atoms with E-state index >= 15 is 0 Å². The Hall–Kier alpha value is -2.92. The first-order valence-electron chi connectivity index (χ1n) is 8.69. The van der Waals surface area contributed by atoms with Crippen LogP contribution >= 0.6 is 11.3 Å². The van der Waals surface area contributed by atoms with Crippen molar-refractivity contribution in [3.05, 3.63) is 63.1 Å². The van der Waals surface area contributed by atoms with E-state index in [2.05, 4.69) is 16.2 Å². The van der Waals surface area contributed by atoms with Gasteiger partial charge in [0.2, 0.25) is 0 Å². The lowest BCUT2D eigenvalue weighted by Gasteiger charge is -2.20. The second kappa shape index (κ2) is 6.91. The van der Waals surface area contributed by atoms with E-state index in [1.165, 1.54) is 22.2 Å². The summed E-state index contributed by atoms with van der Waals surface area (Å²) < 4.78 is 42.1. The fourth-order valence-electron chi connectivity index (χ4n) is 3.46. The average Bonchev–Trinajstić information content (AvgIpc) is 3.31. The van der Waals surface area contributed by atoms with Crippen LogP contribution in [0.3, 0.4) is 0 Å². The van der Waals surface area contributed by atoms with Crippen molar-refractivity contribution in [2.24, 2.45) is 4.99 Å². The molecule has 1 aromatic carbocycles. The molecule has 4 rings (SSSR count). The molecule has 8 heteroatoms. The SMILES string of the molecule is CCn1cc(-c2ccccc2C2C=NCc3sc(C#N)cc32)c(C(F)(F)F)n1. The van der Waals surface area contributed by atoms with Gasteiger partial charge in [0.15, 0.2) is 5.69 Å². The molecule has 4 nitrogen and oxygen atoms in total. The van der Waals surface area contributed by atoms with E-state index in [0.29, 0.717) is 23.5 Å². The number of nitrogens with zero attached hydrogens (tertiary/aromatic N) is 4. The highest BCUT2D eigenvalue weighted by molar-refractivity contribution is 7.12. The van der Waals surface area contributed by atoms with Crippen LogP contribution in [0.1, 0.15) is 39.4 Å². The summed E-state index contributed by atoms with van der Waals surface area (Å²) in [4.78, 5) is 5.93. The zero-order valence-electron chi connectivity index (χ0n) is 14.9. The summed E-state index contributed by atoms with van der Waals surface area (Å²) in [6.07, 6.45) is -1.35. The van der Waals surface area contributed by atoms with Crippen molar-refractivity contribution in [1.82, 2.24) is 9.78 Å². The van der Waals surface area contributed by atoms with Crippen LogP contribution in [0.15, 0.2) is 41.5 Å². The molecule has 0 amide bonds. The molecule has 0 radical (unpaired) electrons. The number of alkyl halides is 3. The van der Waals surface area contributed by atoms with Crippen molar-refractivity contribution in [2.75, 3.05) is 0 Å². The van der Waals surface area contributed by atoms with Crippen molar-refractivity contribution in [1.29, 1.82) is 5.26 Å². The first kappa shape index (κ1) is 18.4. The van der Waals surface area contributed by atoms with Crippen LogP contribution in [-0.4, -0.2) is 16.0 Å². The Morgan fingerprint density at radius 2 is 2.04 bits per heavy atom. The third-order valence-corrected chi connectivity index (χ3v) is 5.76. The van der Waals surface area contributed by atoms with Gasteiger partial charge in [-0.05, 0) is 29.7 Å². The number of aromatic nitrogens is 2. The van der Waals surface area contributed by atoms with Gasteiger partial charge in [0, 0.05) is 35.3 Å². The standard InChI is InChI=1S/C20H15F3N4S/c1-2-27-11-17(19(26-27)20(21,22)23)14-6-4-3-5-13(14)16-9-25-10-18-15(16)7-12(8-24)28-18/h3-7,9,11,16H,2,10H2,1H3. The molecule has 1 aliphatic heterocycles.